The Morgan fingerprint density at radius 1 is 0.871 bits per heavy atom. The number of benzene rings is 1. The second kappa shape index (κ2) is 9.58. The second-order valence-corrected chi connectivity index (χ2v) is 8.39. The fourth-order valence-corrected chi connectivity index (χ4v) is 3.88. The number of nitrogens with one attached hydrogen (secondary N) is 3. The molecule has 0 radical (unpaired) electrons. The quantitative estimate of drug-likeness (QED) is 0.450. The van der Waals surface area contributed by atoms with Crippen molar-refractivity contribution in [1.82, 2.24) is 19.9 Å². The summed E-state index contributed by atoms with van der Waals surface area (Å²) < 4.78 is 38.8. The number of hydrogen-bond acceptors (Lipinski definition) is 9. The number of ether oxygens (including phenoxy) is 2. The first kappa shape index (κ1) is 20.8. The summed E-state index contributed by atoms with van der Waals surface area (Å²) in [7, 11) is -3.68. The molecule has 3 N–H and O–H groups in total. The van der Waals surface area contributed by atoms with Crippen LogP contribution in [0, 0.1) is 0 Å². The van der Waals surface area contributed by atoms with Crippen LogP contribution in [-0.4, -0.2) is 49.9 Å². The zero-order valence-corrected chi connectivity index (χ0v) is 17.4. The van der Waals surface area contributed by atoms with Crippen LogP contribution in [0.2, 0.25) is 0 Å². The summed E-state index contributed by atoms with van der Waals surface area (Å²) in [6.07, 6.45) is 2.43. The van der Waals surface area contributed by atoms with Gasteiger partial charge < -0.3 is 20.1 Å². The molecule has 10 nitrogen and oxygen atoms in total. The molecule has 3 heterocycles. The maximum absolute atomic E-state index is 12.6. The normalized spacial score (nSPS) is 13.3. The highest BCUT2D eigenvalue weighted by molar-refractivity contribution is 7.89. The van der Waals surface area contributed by atoms with Crippen molar-refractivity contribution in [1.29, 1.82) is 0 Å². The lowest BCUT2D eigenvalue weighted by Crippen LogP contribution is -2.29. The molecule has 0 aliphatic carbocycles. The van der Waals surface area contributed by atoms with Crippen molar-refractivity contribution in [3.63, 3.8) is 0 Å². The Kier molecular flexibility index (Phi) is 6.43. The van der Waals surface area contributed by atoms with E-state index in [0.29, 0.717) is 48.7 Å². The average molecular weight is 443 g/mol. The van der Waals surface area contributed by atoms with Crippen LogP contribution in [0.3, 0.4) is 0 Å². The predicted molar refractivity (Wildman–Crippen MR) is 115 cm³/mol. The van der Waals surface area contributed by atoms with Crippen LogP contribution in [0.4, 0.5) is 17.5 Å². The molecule has 162 valence electrons. The van der Waals surface area contributed by atoms with Gasteiger partial charge in [-0.15, -0.1) is 10.2 Å². The molecule has 3 aromatic rings. The van der Waals surface area contributed by atoms with E-state index in [9.17, 15) is 8.42 Å². The van der Waals surface area contributed by atoms with Crippen LogP contribution in [0.1, 0.15) is 6.42 Å². The largest absolute Gasteiger partial charge is 0.490 e. The van der Waals surface area contributed by atoms with Gasteiger partial charge in [-0.3, -0.25) is 0 Å². The van der Waals surface area contributed by atoms with E-state index in [4.69, 9.17) is 9.47 Å². The molecule has 0 unspecified atom stereocenters. The van der Waals surface area contributed by atoms with Gasteiger partial charge in [0.2, 0.25) is 10.0 Å². The molecule has 1 aromatic carbocycles. The van der Waals surface area contributed by atoms with Gasteiger partial charge in [0.25, 0.3) is 0 Å². The first-order valence-electron chi connectivity index (χ1n) is 9.75. The standard InChI is InChI=1S/C20H22N6O4S/c27-31(28,15-5-6-16-17(14-15)30-13-3-12-29-16)23-11-10-22-19-7-8-20(26-25-19)24-18-4-1-2-9-21-18/h1-2,4-9,14,23H,3,10-13H2,(H,22,25)(H,21,24,26). The summed E-state index contributed by atoms with van der Waals surface area (Å²) in [4.78, 5) is 4.29. The van der Waals surface area contributed by atoms with Gasteiger partial charge in [-0.05, 0) is 36.4 Å². The highest BCUT2D eigenvalue weighted by Gasteiger charge is 2.18. The lowest BCUT2D eigenvalue weighted by Gasteiger charge is -2.11. The maximum atomic E-state index is 12.6. The van der Waals surface area contributed by atoms with Crippen molar-refractivity contribution in [2.24, 2.45) is 0 Å². The Hall–Kier alpha value is -3.44. The number of hydrogen-bond donors (Lipinski definition) is 3. The summed E-state index contributed by atoms with van der Waals surface area (Å²) in [5.41, 5.74) is 0. The predicted octanol–water partition coefficient (Wildman–Crippen LogP) is 2.17. The first-order valence-corrected chi connectivity index (χ1v) is 11.2. The number of nitrogens with zero attached hydrogens (tertiary/aromatic N) is 3. The first-order chi connectivity index (χ1) is 15.1. The van der Waals surface area contributed by atoms with Crippen LogP contribution in [0.25, 0.3) is 0 Å². The topological polar surface area (TPSA) is 127 Å². The van der Waals surface area contributed by atoms with Crippen LogP contribution in [0.15, 0.2) is 59.6 Å². The van der Waals surface area contributed by atoms with E-state index in [0.717, 1.165) is 6.42 Å². The highest BCUT2D eigenvalue weighted by Crippen LogP contribution is 2.31. The van der Waals surface area contributed by atoms with Crippen LogP contribution in [-0.2, 0) is 10.0 Å². The third-order valence-electron chi connectivity index (χ3n) is 4.34. The smallest absolute Gasteiger partial charge is 0.240 e. The molecule has 4 rings (SSSR count). The number of rotatable bonds is 8. The van der Waals surface area contributed by atoms with Gasteiger partial charge in [-0.1, -0.05) is 6.07 Å². The summed E-state index contributed by atoms with van der Waals surface area (Å²) in [6.45, 7) is 1.55. The van der Waals surface area contributed by atoms with E-state index >= 15 is 0 Å². The molecule has 0 saturated heterocycles. The minimum Gasteiger partial charge on any atom is -0.490 e. The van der Waals surface area contributed by atoms with E-state index in [-0.39, 0.29) is 11.4 Å². The van der Waals surface area contributed by atoms with Gasteiger partial charge in [0, 0.05) is 31.8 Å². The molecule has 0 saturated carbocycles. The Labute approximate surface area is 180 Å². The summed E-state index contributed by atoms with van der Waals surface area (Å²) >= 11 is 0. The fourth-order valence-electron chi connectivity index (χ4n) is 2.83. The zero-order chi connectivity index (χ0) is 21.5. The van der Waals surface area contributed by atoms with E-state index in [1.807, 2.05) is 18.2 Å². The molecule has 1 aliphatic heterocycles. The molecule has 1 aliphatic rings. The van der Waals surface area contributed by atoms with Gasteiger partial charge in [-0.2, -0.15) is 0 Å². The molecule has 11 heteroatoms. The summed E-state index contributed by atoms with van der Waals surface area (Å²) in [5, 5.41) is 14.2. The molecule has 31 heavy (non-hydrogen) atoms. The van der Waals surface area contributed by atoms with Crippen LogP contribution < -0.4 is 24.8 Å². The molecule has 0 spiro atoms. The third-order valence-corrected chi connectivity index (χ3v) is 5.80. The van der Waals surface area contributed by atoms with Gasteiger partial charge in [-0.25, -0.2) is 18.1 Å². The number of anilines is 3. The van der Waals surface area contributed by atoms with Crippen molar-refractivity contribution in [2.75, 3.05) is 36.9 Å². The second-order valence-electron chi connectivity index (χ2n) is 6.63. The average Bonchev–Trinajstić information content (AvgIpc) is 3.03. The number of pyridine rings is 1. The van der Waals surface area contributed by atoms with Gasteiger partial charge in [0.15, 0.2) is 17.3 Å². The van der Waals surface area contributed by atoms with Gasteiger partial charge in [0.1, 0.15) is 11.6 Å². The highest BCUT2D eigenvalue weighted by atomic mass is 32.2. The van der Waals surface area contributed by atoms with Crippen molar-refractivity contribution >= 4 is 27.5 Å². The Morgan fingerprint density at radius 2 is 1.68 bits per heavy atom. The van der Waals surface area contributed by atoms with Crippen molar-refractivity contribution < 1.29 is 17.9 Å². The van der Waals surface area contributed by atoms with E-state index < -0.39 is 10.0 Å². The van der Waals surface area contributed by atoms with Crippen molar-refractivity contribution in [3.8, 4) is 11.5 Å². The summed E-state index contributed by atoms with van der Waals surface area (Å²) in [6, 6.07) is 13.6. The molecular formula is C20H22N6O4S. The SMILES string of the molecule is O=S(=O)(NCCNc1ccc(Nc2ccccn2)nn1)c1ccc2c(c1)OCCCO2. The lowest BCUT2D eigenvalue weighted by atomic mass is 10.3. The maximum Gasteiger partial charge on any atom is 0.240 e. The van der Waals surface area contributed by atoms with Gasteiger partial charge >= 0.3 is 0 Å². The molecule has 0 amide bonds. The van der Waals surface area contributed by atoms with E-state index in [1.54, 1.807) is 24.4 Å². The number of fused-ring (bicyclic) bond motifs is 1. The minimum atomic E-state index is -3.68. The summed E-state index contributed by atoms with van der Waals surface area (Å²) in [5.74, 6) is 2.74. The zero-order valence-electron chi connectivity index (χ0n) is 16.6. The lowest BCUT2D eigenvalue weighted by molar-refractivity contribution is 0.297. The molecule has 0 bridgehead atoms. The van der Waals surface area contributed by atoms with Gasteiger partial charge in [0.05, 0.1) is 18.1 Å². The minimum absolute atomic E-state index is 0.126. The number of aromatic nitrogens is 3. The van der Waals surface area contributed by atoms with E-state index in [2.05, 4.69) is 30.5 Å². The molecule has 2 aromatic heterocycles. The fraction of sp³-hybridized carbons (Fsp3) is 0.250. The molecular weight excluding hydrogens is 420 g/mol. The van der Waals surface area contributed by atoms with Crippen LogP contribution in [0.5, 0.6) is 11.5 Å². The van der Waals surface area contributed by atoms with Crippen molar-refractivity contribution in [3.05, 3.63) is 54.7 Å². The Balaban J connectivity index is 1.27. The van der Waals surface area contributed by atoms with Crippen molar-refractivity contribution in [2.45, 2.75) is 11.3 Å². The molecule has 0 atom stereocenters. The monoisotopic (exact) mass is 442 g/mol. The van der Waals surface area contributed by atoms with Crippen LogP contribution >= 0.6 is 0 Å². The Morgan fingerprint density at radius 3 is 2.45 bits per heavy atom. The number of sulfonamides is 1. The van der Waals surface area contributed by atoms with E-state index in [1.165, 1.54) is 12.1 Å². The third kappa shape index (κ3) is 5.58. The Bertz CT molecular complexity index is 1110. The molecule has 0 fully saturated rings.